The highest BCUT2D eigenvalue weighted by Gasteiger charge is 2.23. The molecular formula is C23H38IN3O3. The molecule has 1 atom stereocenters. The van der Waals surface area contributed by atoms with Gasteiger partial charge in [-0.1, -0.05) is 12.1 Å². The number of likely N-dealkylation sites (tertiary alicyclic amines) is 1. The molecule has 2 fully saturated rings. The van der Waals surface area contributed by atoms with Gasteiger partial charge in [0, 0.05) is 33.3 Å². The van der Waals surface area contributed by atoms with Crippen molar-refractivity contribution in [1.29, 1.82) is 0 Å². The first-order valence-corrected chi connectivity index (χ1v) is 11.1. The maximum Gasteiger partial charge on any atom is 0.193 e. The van der Waals surface area contributed by atoms with Gasteiger partial charge in [0.15, 0.2) is 5.96 Å². The molecule has 0 amide bonds. The molecule has 0 bridgehead atoms. The summed E-state index contributed by atoms with van der Waals surface area (Å²) >= 11 is 0. The van der Waals surface area contributed by atoms with Gasteiger partial charge in [-0.05, 0) is 63.1 Å². The van der Waals surface area contributed by atoms with Gasteiger partial charge < -0.3 is 24.4 Å². The molecule has 0 spiro atoms. The molecule has 1 aromatic carbocycles. The van der Waals surface area contributed by atoms with Crippen molar-refractivity contribution >= 4 is 29.9 Å². The smallest absolute Gasteiger partial charge is 0.193 e. The predicted molar refractivity (Wildman–Crippen MR) is 132 cm³/mol. The number of guanidine groups is 1. The van der Waals surface area contributed by atoms with E-state index < -0.39 is 0 Å². The molecule has 1 unspecified atom stereocenters. The fourth-order valence-electron chi connectivity index (χ4n) is 4.07. The van der Waals surface area contributed by atoms with E-state index in [1.807, 2.05) is 14.0 Å². The van der Waals surface area contributed by atoms with Crippen LogP contribution in [0, 0.1) is 6.92 Å². The SMILES string of the molecule is CCOc1ccc(CNC(=NC)N2CCC(OCC3CCCCO3)CC2)cc1C.I. The number of nitrogens with one attached hydrogen (secondary N) is 1. The molecule has 30 heavy (non-hydrogen) atoms. The summed E-state index contributed by atoms with van der Waals surface area (Å²) in [6, 6.07) is 6.35. The number of piperidine rings is 1. The number of hydrogen-bond acceptors (Lipinski definition) is 4. The highest BCUT2D eigenvalue weighted by Crippen LogP contribution is 2.20. The van der Waals surface area contributed by atoms with Crippen LogP contribution in [0.4, 0.5) is 0 Å². The van der Waals surface area contributed by atoms with E-state index in [1.54, 1.807) is 0 Å². The zero-order valence-corrected chi connectivity index (χ0v) is 21.0. The third-order valence-corrected chi connectivity index (χ3v) is 5.73. The summed E-state index contributed by atoms with van der Waals surface area (Å²) in [6.45, 7) is 9.13. The predicted octanol–water partition coefficient (Wildman–Crippen LogP) is 4.14. The first kappa shape index (κ1) is 25.2. The molecule has 0 aliphatic carbocycles. The quantitative estimate of drug-likeness (QED) is 0.326. The normalized spacial score (nSPS) is 20.6. The molecule has 0 aromatic heterocycles. The average Bonchev–Trinajstić information content (AvgIpc) is 2.76. The van der Waals surface area contributed by atoms with Crippen molar-refractivity contribution in [2.24, 2.45) is 4.99 Å². The van der Waals surface area contributed by atoms with Gasteiger partial charge in [0.2, 0.25) is 0 Å². The third-order valence-electron chi connectivity index (χ3n) is 5.73. The highest BCUT2D eigenvalue weighted by atomic mass is 127. The van der Waals surface area contributed by atoms with Crippen LogP contribution in [0.25, 0.3) is 0 Å². The summed E-state index contributed by atoms with van der Waals surface area (Å²) in [6.07, 6.45) is 6.31. The number of halogens is 1. The number of aliphatic imine (C=N–C) groups is 1. The molecule has 2 heterocycles. The Morgan fingerprint density at radius 2 is 2.03 bits per heavy atom. The van der Waals surface area contributed by atoms with Gasteiger partial charge in [-0.3, -0.25) is 4.99 Å². The molecule has 170 valence electrons. The van der Waals surface area contributed by atoms with Crippen molar-refractivity contribution in [2.75, 3.05) is 40.0 Å². The van der Waals surface area contributed by atoms with Crippen molar-refractivity contribution in [3.8, 4) is 5.75 Å². The van der Waals surface area contributed by atoms with Gasteiger partial charge in [-0.15, -0.1) is 24.0 Å². The summed E-state index contributed by atoms with van der Waals surface area (Å²) in [5.41, 5.74) is 2.40. The Hall–Kier alpha value is -1.06. The van der Waals surface area contributed by atoms with Crippen LogP contribution in [0.2, 0.25) is 0 Å². The van der Waals surface area contributed by atoms with E-state index in [2.05, 4.69) is 40.3 Å². The molecule has 6 nitrogen and oxygen atoms in total. The molecule has 1 aromatic rings. The summed E-state index contributed by atoms with van der Waals surface area (Å²) in [7, 11) is 1.86. The number of nitrogens with zero attached hydrogens (tertiary/aromatic N) is 2. The van der Waals surface area contributed by atoms with Crippen LogP contribution >= 0.6 is 24.0 Å². The highest BCUT2D eigenvalue weighted by molar-refractivity contribution is 14.0. The Labute approximate surface area is 198 Å². The first-order valence-electron chi connectivity index (χ1n) is 11.1. The number of hydrogen-bond donors (Lipinski definition) is 1. The molecule has 2 aliphatic heterocycles. The van der Waals surface area contributed by atoms with E-state index in [1.165, 1.54) is 24.0 Å². The maximum atomic E-state index is 6.13. The van der Waals surface area contributed by atoms with Crippen LogP contribution in [0.15, 0.2) is 23.2 Å². The monoisotopic (exact) mass is 531 g/mol. The van der Waals surface area contributed by atoms with E-state index in [0.717, 1.165) is 63.8 Å². The van der Waals surface area contributed by atoms with Gasteiger partial charge in [-0.2, -0.15) is 0 Å². The van der Waals surface area contributed by atoms with E-state index in [-0.39, 0.29) is 24.0 Å². The Morgan fingerprint density at radius 1 is 1.23 bits per heavy atom. The zero-order valence-electron chi connectivity index (χ0n) is 18.7. The summed E-state index contributed by atoms with van der Waals surface area (Å²) in [5, 5.41) is 3.51. The van der Waals surface area contributed by atoms with Crippen LogP contribution in [0.1, 0.15) is 50.2 Å². The number of aryl methyl sites for hydroxylation is 1. The lowest BCUT2D eigenvalue weighted by molar-refractivity contribution is -0.0721. The largest absolute Gasteiger partial charge is 0.494 e. The van der Waals surface area contributed by atoms with Gasteiger partial charge in [0.1, 0.15) is 5.75 Å². The van der Waals surface area contributed by atoms with Gasteiger partial charge in [0.05, 0.1) is 25.4 Å². The lowest BCUT2D eigenvalue weighted by atomic mass is 10.1. The second-order valence-electron chi connectivity index (χ2n) is 7.94. The summed E-state index contributed by atoms with van der Waals surface area (Å²) < 4.78 is 17.5. The van der Waals surface area contributed by atoms with Crippen LogP contribution < -0.4 is 10.1 Å². The average molecular weight is 531 g/mol. The lowest BCUT2D eigenvalue weighted by Gasteiger charge is -2.35. The third kappa shape index (κ3) is 7.57. The van der Waals surface area contributed by atoms with Gasteiger partial charge in [0.25, 0.3) is 0 Å². The minimum Gasteiger partial charge on any atom is -0.494 e. The molecule has 2 saturated heterocycles. The van der Waals surface area contributed by atoms with E-state index in [9.17, 15) is 0 Å². The Kier molecular flexibility index (Phi) is 11.2. The van der Waals surface area contributed by atoms with Crippen molar-refractivity contribution in [2.45, 2.75) is 64.7 Å². The van der Waals surface area contributed by atoms with E-state index in [0.29, 0.717) is 18.8 Å². The lowest BCUT2D eigenvalue weighted by Crippen LogP contribution is -2.47. The molecule has 3 rings (SSSR count). The van der Waals surface area contributed by atoms with Crippen LogP contribution in [0.5, 0.6) is 5.75 Å². The Balaban J connectivity index is 0.00000320. The van der Waals surface area contributed by atoms with Crippen LogP contribution in [0.3, 0.4) is 0 Å². The standard InChI is InChI=1S/C23H37N3O3.HI/c1-4-27-22-9-8-19(15-18(22)2)16-25-23(24-3)26-12-10-20(11-13-26)29-17-21-7-5-6-14-28-21;/h8-9,15,20-21H,4-7,10-14,16-17H2,1-3H3,(H,24,25);1H. The zero-order chi connectivity index (χ0) is 20.5. The molecule has 1 N–H and O–H groups in total. The fourth-order valence-corrected chi connectivity index (χ4v) is 4.07. The Bertz CT molecular complexity index is 657. The molecular weight excluding hydrogens is 493 g/mol. The second-order valence-corrected chi connectivity index (χ2v) is 7.94. The summed E-state index contributed by atoms with van der Waals surface area (Å²) in [5.74, 6) is 1.92. The van der Waals surface area contributed by atoms with Gasteiger partial charge in [-0.25, -0.2) is 0 Å². The van der Waals surface area contributed by atoms with Crippen LogP contribution in [-0.2, 0) is 16.0 Å². The van der Waals surface area contributed by atoms with Crippen molar-refractivity contribution in [3.63, 3.8) is 0 Å². The number of rotatable bonds is 7. The molecule has 2 aliphatic rings. The minimum atomic E-state index is 0. The minimum absolute atomic E-state index is 0. The fraction of sp³-hybridized carbons (Fsp3) is 0.696. The topological polar surface area (TPSA) is 55.3 Å². The number of benzene rings is 1. The van der Waals surface area contributed by atoms with Crippen molar-refractivity contribution in [1.82, 2.24) is 10.2 Å². The maximum absolute atomic E-state index is 6.13. The van der Waals surface area contributed by atoms with Crippen LogP contribution in [-0.4, -0.2) is 63.0 Å². The Morgan fingerprint density at radius 3 is 2.67 bits per heavy atom. The van der Waals surface area contributed by atoms with E-state index >= 15 is 0 Å². The van der Waals surface area contributed by atoms with E-state index in [4.69, 9.17) is 14.2 Å². The van der Waals surface area contributed by atoms with Crippen molar-refractivity contribution < 1.29 is 14.2 Å². The second kappa shape index (κ2) is 13.4. The molecule has 0 saturated carbocycles. The molecule has 7 heteroatoms. The van der Waals surface area contributed by atoms with Crippen molar-refractivity contribution in [3.05, 3.63) is 29.3 Å². The number of ether oxygens (including phenoxy) is 3. The first-order chi connectivity index (χ1) is 14.2. The van der Waals surface area contributed by atoms with Gasteiger partial charge >= 0.3 is 0 Å². The molecule has 0 radical (unpaired) electrons. The summed E-state index contributed by atoms with van der Waals surface area (Å²) in [4.78, 5) is 6.82.